The summed E-state index contributed by atoms with van der Waals surface area (Å²) in [6, 6.07) is 25.9. The van der Waals surface area contributed by atoms with Crippen molar-refractivity contribution >= 4 is 10.9 Å². The zero-order valence-electron chi connectivity index (χ0n) is 16.5. The summed E-state index contributed by atoms with van der Waals surface area (Å²) in [5, 5.41) is 1.14. The van der Waals surface area contributed by atoms with Crippen molar-refractivity contribution in [2.45, 2.75) is 12.3 Å². The first kappa shape index (κ1) is 17.9. The van der Waals surface area contributed by atoms with Gasteiger partial charge in [0, 0.05) is 17.5 Å². The van der Waals surface area contributed by atoms with Gasteiger partial charge in [0.05, 0.1) is 25.8 Å². The molecule has 1 aliphatic heterocycles. The molecular weight excluding hydrogens is 358 g/mol. The molecule has 0 spiro atoms. The lowest BCUT2D eigenvalue weighted by molar-refractivity contribution is 0.00843. The number of aromatic nitrogens is 1. The van der Waals surface area contributed by atoms with Gasteiger partial charge in [-0.25, -0.2) is 0 Å². The number of fused-ring (bicyclic) bond motifs is 1. The molecule has 0 atom stereocenters. The Hall–Kier alpha value is -3.17. The summed E-state index contributed by atoms with van der Waals surface area (Å²) >= 11 is 0. The van der Waals surface area contributed by atoms with E-state index in [9.17, 15) is 0 Å². The van der Waals surface area contributed by atoms with Crippen LogP contribution in [0.1, 0.15) is 22.6 Å². The van der Waals surface area contributed by atoms with Crippen molar-refractivity contribution in [3.05, 3.63) is 95.7 Å². The Labute approximate surface area is 170 Å². The van der Waals surface area contributed by atoms with Gasteiger partial charge in [-0.1, -0.05) is 48.5 Å². The number of benzene rings is 3. The highest BCUT2D eigenvalue weighted by Crippen LogP contribution is 2.29. The fraction of sp³-hybridized carbons (Fsp3) is 0.192. The fourth-order valence-electron chi connectivity index (χ4n) is 3.92. The highest BCUT2D eigenvalue weighted by Gasteiger charge is 2.20. The van der Waals surface area contributed by atoms with E-state index in [0.717, 1.165) is 36.3 Å². The minimum absolute atomic E-state index is 0.562. The van der Waals surface area contributed by atoms with Gasteiger partial charge >= 0.3 is 0 Å². The van der Waals surface area contributed by atoms with Crippen molar-refractivity contribution in [2.75, 3.05) is 20.3 Å². The van der Waals surface area contributed by atoms with Crippen LogP contribution >= 0.6 is 0 Å². The molecule has 144 valence electrons. The molecule has 1 aliphatic rings. The summed E-state index contributed by atoms with van der Waals surface area (Å²) in [5.74, 6) is 1.42. The average Bonchev–Trinajstić information content (AvgIpc) is 2.73. The van der Waals surface area contributed by atoms with Gasteiger partial charge in [0.1, 0.15) is 5.75 Å². The van der Waals surface area contributed by atoms with E-state index in [2.05, 4.69) is 65.6 Å². The Balaban J connectivity index is 1.44. The van der Waals surface area contributed by atoms with E-state index < -0.39 is 0 Å². The van der Waals surface area contributed by atoms with Crippen LogP contribution in [0.15, 0.2) is 79.0 Å². The van der Waals surface area contributed by atoms with Crippen molar-refractivity contribution in [3.63, 3.8) is 0 Å². The van der Waals surface area contributed by atoms with Gasteiger partial charge in [-0.2, -0.15) is 0 Å². The fourth-order valence-corrected chi connectivity index (χ4v) is 3.92. The standard InChI is InChI=1S/C26H23NO2/c1-28-24-9-10-26-25(15-24)22(11-12-27-26)14-18-3-2-4-21(13-18)19-5-7-20(8-6-19)23-16-29-17-23/h2-13,15,23H,14,16-17H2,1H3. The third-order valence-corrected chi connectivity index (χ3v) is 5.71. The summed E-state index contributed by atoms with van der Waals surface area (Å²) in [4.78, 5) is 4.49. The predicted octanol–water partition coefficient (Wildman–Crippen LogP) is 5.62. The number of methoxy groups -OCH3 is 1. The van der Waals surface area contributed by atoms with E-state index in [0.29, 0.717) is 5.92 Å². The minimum atomic E-state index is 0.562. The van der Waals surface area contributed by atoms with E-state index in [1.54, 1.807) is 7.11 Å². The Morgan fingerprint density at radius 2 is 1.79 bits per heavy atom. The van der Waals surface area contributed by atoms with Crippen LogP contribution in [0.2, 0.25) is 0 Å². The first-order valence-corrected chi connectivity index (χ1v) is 9.99. The Kier molecular flexibility index (Phi) is 4.74. The monoisotopic (exact) mass is 381 g/mol. The molecule has 5 rings (SSSR count). The number of hydrogen-bond acceptors (Lipinski definition) is 3. The molecule has 0 N–H and O–H groups in total. The van der Waals surface area contributed by atoms with Crippen molar-refractivity contribution in [1.82, 2.24) is 4.98 Å². The molecule has 0 radical (unpaired) electrons. The van der Waals surface area contributed by atoms with Crippen LogP contribution in [-0.2, 0) is 11.2 Å². The van der Waals surface area contributed by atoms with Crippen LogP contribution in [-0.4, -0.2) is 25.3 Å². The molecule has 0 amide bonds. The molecule has 3 heteroatoms. The lowest BCUT2D eigenvalue weighted by atomic mass is 9.94. The third kappa shape index (κ3) is 3.62. The van der Waals surface area contributed by atoms with Crippen LogP contribution in [0.5, 0.6) is 5.75 Å². The number of rotatable bonds is 5. The van der Waals surface area contributed by atoms with Gasteiger partial charge in [-0.05, 0) is 58.5 Å². The zero-order chi connectivity index (χ0) is 19.6. The number of ether oxygens (including phenoxy) is 2. The molecule has 4 aromatic rings. The normalized spacial score (nSPS) is 14.0. The Bertz CT molecular complexity index is 1150. The first-order chi connectivity index (χ1) is 14.3. The molecule has 1 aromatic heterocycles. The average molecular weight is 381 g/mol. The smallest absolute Gasteiger partial charge is 0.119 e. The van der Waals surface area contributed by atoms with Crippen molar-refractivity contribution in [2.24, 2.45) is 0 Å². The quantitative estimate of drug-likeness (QED) is 0.450. The maximum atomic E-state index is 5.41. The molecule has 3 aromatic carbocycles. The lowest BCUT2D eigenvalue weighted by Crippen LogP contribution is -2.24. The van der Waals surface area contributed by atoms with Gasteiger partial charge in [0.2, 0.25) is 0 Å². The lowest BCUT2D eigenvalue weighted by Gasteiger charge is -2.26. The second-order valence-corrected chi connectivity index (χ2v) is 7.59. The summed E-state index contributed by atoms with van der Waals surface area (Å²) in [6.07, 6.45) is 2.74. The van der Waals surface area contributed by atoms with Crippen molar-refractivity contribution in [1.29, 1.82) is 0 Å². The van der Waals surface area contributed by atoms with Crippen LogP contribution in [0.4, 0.5) is 0 Å². The number of pyridine rings is 1. The SMILES string of the molecule is COc1ccc2nccc(Cc3cccc(-c4ccc(C5COC5)cc4)c3)c2c1. The topological polar surface area (TPSA) is 31.4 Å². The van der Waals surface area contributed by atoms with Crippen molar-refractivity contribution in [3.8, 4) is 16.9 Å². The third-order valence-electron chi connectivity index (χ3n) is 5.71. The van der Waals surface area contributed by atoms with Gasteiger partial charge in [0.15, 0.2) is 0 Å². The summed E-state index contributed by atoms with van der Waals surface area (Å²) in [5.41, 5.74) is 7.40. The van der Waals surface area contributed by atoms with Gasteiger partial charge in [0.25, 0.3) is 0 Å². The highest BCUT2D eigenvalue weighted by atomic mass is 16.5. The molecule has 0 aliphatic carbocycles. The molecule has 0 bridgehead atoms. The Morgan fingerprint density at radius 3 is 2.55 bits per heavy atom. The van der Waals surface area contributed by atoms with E-state index in [4.69, 9.17) is 9.47 Å². The molecule has 29 heavy (non-hydrogen) atoms. The van der Waals surface area contributed by atoms with Crippen LogP contribution < -0.4 is 4.74 Å². The molecule has 1 saturated heterocycles. The minimum Gasteiger partial charge on any atom is -0.497 e. The molecule has 0 unspecified atom stereocenters. The van der Waals surface area contributed by atoms with Gasteiger partial charge < -0.3 is 9.47 Å². The van der Waals surface area contributed by atoms with E-state index in [1.165, 1.54) is 27.8 Å². The second-order valence-electron chi connectivity index (χ2n) is 7.59. The van der Waals surface area contributed by atoms with Gasteiger partial charge in [-0.3, -0.25) is 4.98 Å². The highest BCUT2D eigenvalue weighted by molar-refractivity contribution is 5.84. The van der Waals surface area contributed by atoms with Crippen LogP contribution in [0.25, 0.3) is 22.0 Å². The van der Waals surface area contributed by atoms with E-state index in [-0.39, 0.29) is 0 Å². The zero-order valence-corrected chi connectivity index (χ0v) is 16.5. The summed E-state index contributed by atoms with van der Waals surface area (Å²) < 4.78 is 10.7. The maximum Gasteiger partial charge on any atom is 0.119 e. The van der Waals surface area contributed by atoms with Crippen molar-refractivity contribution < 1.29 is 9.47 Å². The predicted molar refractivity (Wildman–Crippen MR) is 117 cm³/mol. The molecule has 0 saturated carbocycles. The molecular formula is C26H23NO2. The number of hydrogen-bond donors (Lipinski definition) is 0. The molecule has 3 nitrogen and oxygen atoms in total. The Morgan fingerprint density at radius 1 is 0.931 bits per heavy atom. The summed E-state index contributed by atoms with van der Waals surface area (Å²) in [7, 11) is 1.70. The van der Waals surface area contributed by atoms with E-state index in [1.807, 2.05) is 18.3 Å². The molecule has 1 fully saturated rings. The van der Waals surface area contributed by atoms with Gasteiger partial charge in [-0.15, -0.1) is 0 Å². The number of nitrogens with zero attached hydrogens (tertiary/aromatic N) is 1. The van der Waals surface area contributed by atoms with E-state index >= 15 is 0 Å². The molecule has 2 heterocycles. The maximum absolute atomic E-state index is 5.41. The largest absolute Gasteiger partial charge is 0.497 e. The van der Waals surface area contributed by atoms with Crippen LogP contribution in [0.3, 0.4) is 0 Å². The first-order valence-electron chi connectivity index (χ1n) is 9.99. The van der Waals surface area contributed by atoms with Crippen LogP contribution in [0, 0.1) is 0 Å². The second kappa shape index (κ2) is 7.69. The summed E-state index contributed by atoms with van der Waals surface area (Å²) in [6.45, 7) is 1.69.